The van der Waals surface area contributed by atoms with Gasteiger partial charge in [-0.15, -0.1) is 0 Å². The third-order valence-electron chi connectivity index (χ3n) is 3.15. The number of methoxy groups -OCH3 is 1. The Labute approximate surface area is 119 Å². The van der Waals surface area contributed by atoms with Crippen molar-refractivity contribution in [3.05, 3.63) is 42.0 Å². The molecule has 0 atom stereocenters. The van der Waals surface area contributed by atoms with Gasteiger partial charge in [0.15, 0.2) is 11.5 Å². The van der Waals surface area contributed by atoms with Gasteiger partial charge in [-0.25, -0.2) is 4.98 Å². The Morgan fingerprint density at radius 1 is 1.35 bits per heavy atom. The first-order valence-electron chi connectivity index (χ1n) is 6.72. The average Bonchev–Trinajstić information content (AvgIpc) is 2.93. The SMILES string of the molecule is CCn1cncc1COc1c(CNC)cccc1OC. The van der Waals surface area contributed by atoms with E-state index in [9.17, 15) is 0 Å². The number of imidazole rings is 1. The van der Waals surface area contributed by atoms with Crippen molar-refractivity contribution < 1.29 is 9.47 Å². The molecule has 0 aliphatic rings. The second-order valence-electron chi connectivity index (χ2n) is 4.44. The molecule has 0 aliphatic carbocycles. The van der Waals surface area contributed by atoms with E-state index in [1.54, 1.807) is 7.11 Å². The zero-order valence-electron chi connectivity index (χ0n) is 12.2. The van der Waals surface area contributed by atoms with Gasteiger partial charge < -0.3 is 19.4 Å². The van der Waals surface area contributed by atoms with E-state index < -0.39 is 0 Å². The predicted molar refractivity (Wildman–Crippen MR) is 78.0 cm³/mol. The molecule has 0 amide bonds. The second-order valence-corrected chi connectivity index (χ2v) is 4.44. The highest BCUT2D eigenvalue weighted by molar-refractivity contribution is 5.46. The van der Waals surface area contributed by atoms with E-state index in [4.69, 9.17) is 9.47 Å². The van der Waals surface area contributed by atoms with Gasteiger partial charge in [0, 0.05) is 18.7 Å². The number of rotatable bonds is 7. The van der Waals surface area contributed by atoms with Crippen LogP contribution < -0.4 is 14.8 Å². The van der Waals surface area contributed by atoms with Crippen molar-refractivity contribution in [1.82, 2.24) is 14.9 Å². The molecule has 20 heavy (non-hydrogen) atoms. The summed E-state index contributed by atoms with van der Waals surface area (Å²) in [6.07, 6.45) is 3.64. The molecule has 2 rings (SSSR count). The van der Waals surface area contributed by atoms with E-state index in [-0.39, 0.29) is 0 Å². The van der Waals surface area contributed by atoms with Crippen molar-refractivity contribution in [3.8, 4) is 11.5 Å². The first-order chi connectivity index (χ1) is 9.80. The largest absolute Gasteiger partial charge is 0.493 e. The highest BCUT2D eigenvalue weighted by atomic mass is 16.5. The fourth-order valence-corrected chi connectivity index (χ4v) is 2.11. The summed E-state index contributed by atoms with van der Waals surface area (Å²) >= 11 is 0. The summed E-state index contributed by atoms with van der Waals surface area (Å²) in [5, 5.41) is 3.14. The normalized spacial score (nSPS) is 10.6. The minimum atomic E-state index is 0.477. The molecule has 0 bridgehead atoms. The Balaban J connectivity index is 2.19. The first-order valence-corrected chi connectivity index (χ1v) is 6.72. The van der Waals surface area contributed by atoms with Crippen molar-refractivity contribution in [3.63, 3.8) is 0 Å². The van der Waals surface area contributed by atoms with E-state index in [2.05, 4.69) is 21.8 Å². The molecular formula is C15H21N3O2. The van der Waals surface area contributed by atoms with E-state index >= 15 is 0 Å². The van der Waals surface area contributed by atoms with Gasteiger partial charge in [-0.1, -0.05) is 12.1 Å². The molecule has 108 valence electrons. The number of aryl methyl sites for hydroxylation is 1. The van der Waals surface area contributed by atoms with Gasteiger partial charge in [-0.3, -0.25) is 0 Å². The summed E-state index contributed by atoms with van der Waals surface area (Å²) in [6, 6.07) is 5.91. The maximum Gasteiger partial charge on any atom is 0.166 e. The van der Waals surface area contributed by atoms with Gasteiger partial charge in [-0.05, 0) is 20.0 Å². The molecule has 5 nitrogen and oxygen atoms in total. The van der Waals surface area contributed by atoms with Crippen LogP contribution >= 0.6 is 0 Å². The molecule has 1 aromatic carbocycles. The third kappa shape index (κ3) is 3.11. The van der Waals surface area contributed by atoms with E-state index in [1.165, 1.54) is 0 Å². The number of hydrogen-bond acceptors (Lipinski definition) is 4. The quantitative estimate of drug-likeness (QED) is 0.841. The standard InChI is InChI=1S/C15H21N3O2/c1-4-18-11-17-9-13(18)10-20-15-12(8-16-2)6-5-7-14(15)19-3/h5-7,9,11,16H,4,8,10H2,1-3H3. The molecule has 0 saturated carbocycles. The van der Waals surface area contributed by atoms with Crippen LogP contribution in [0.5, 0.6) is 11.5 Å². The van der Waals surface area contributed by atoms with Gasteiger partial charge >= 0.3 is 0 Å². The third-order valence-corrected chi connectivity index (χ3v) is 3.15. The number of nitrogens with zero attached hydrogens (tertiary/aromatic N) is 2. The summed E-state index contributed by atoms with van der Waals surface area (Å²) in [5.74, 6) is 1.54. The van der Waals surface area contributed by atoms with Crippen molar-refractivity contribution >= 4 is 0 Å². The van der Waals surface area contributed by atoms with Gasteiger partial charge in [0.05, 0.1) is 25.3 Å². The van der Waals surface area contributed by atoms with Crippen LogP contribution in [0.15, 0.2) is 30.7 Å². The van der Waals surface area contributed by atoms with Crippen LogP contribution in [-0.4, -0.2) is 23.7 Å². The van der Waals surface area contributed by atoms with Gasteiger partial charge in [0.2, 0.25) is 0 Å². The van der Waals surface area contributed by atoms with E-state index in [0.29, 0.717) is 6.61 Å². The molecule has 0 saturated heterocycles. The molecule has 1 N–H and O–H groups in total. The molecule has 0 aliphatic heterocycles. The Bertz CT molecular complexity index is 552. The molecule has 0 spiro atoms. The number of ether oxygens (including phenoxy) is 2. The lowest BCUT2D eigenvalue weighted by molar-refractivity contribution is 0.272. The Kier molecular flexibility index (Phi) is 5.01. The van der Waals surface area contributed by atoms with Crippen LogP contribution in [0.1, 0.15) is 18.2 Å². The lowest BCUT2D eigenvalue weighted by Crippen LogP contribution is -2.10. The fourth-order valence-electron chi connectivity index (χ4n) is 2.11. The van der Waals surface area contributed by atoms with Crippen molar-refractivity contribution in [2.45, 2.75) is 26.6 Å². The van der Waals surface area contributed by atoms with Crippen LogP contribution in [-0.2, 0) is 19.7 Å². The summed E-state index contributed by atoms with van der Waals surface area (Å²) in [5.41, 5.74) is 2.13. The minimum absolute atomic E-state index is 0.477. The van der Waals surface area contributed by atoms with Crippen LogP contribution in [0.3, 0.4) is 0 Å². The molecule has 1 heterocycles. The molecule has 0 fully saturated rings. The Morgan fingerprint density at radius 2 is 2.20 bits per heavy atom. The topological polar surface area (TPSA) is 48.3 Å². The summed E-state index contributed by atoms with van der Waals surface area (Å²) < 4.78 is 13.4. The lowest BCUT2D eigenvalue weighted by Gasteiger charge is -2.15. The maximum atomic E-state index is 5.97. The fraction of sp³-hybridized carbons (Fsp3) is 0.400. The Hall–Kier alpha value is -2.01. The number of benzene rings is 1. The minimum Gasteiger partial charge on any atom is -0.493 e. The maximum absolute atomic E-state index is 5.97. The number of hydrogen-bond donors (Lipinski definition) is 1. The monoisotopic (exact) mass is 275 g/mol. The van der Waals surface area contributed by atoms with Crippen LogP contribution in [0.25, 0.3) is 0 Å². The smallest absolute Gasteiger partial charge is 0.166 e. The van der Waals surface area contributed by atoms with Crippen molar-refractivity contribution in [2.75, 3.05) is 14.2 Å². The molecule has 0 radical (unpaired) electrons. The first kappa shape index (κ1) is 14.4. The van der Waals surface area contributed by atoms with E-state index in [1.807, 2.05) is 37.8 Å². The summed E-state index contributed by atoms with van der Waals surface area (Å²) in [7, 11) is 3.57. The zero-order chi connectivity index (χ0) is 14.4. The number of para-hydroxylation sites is 1. The summed E-state index contributed by atoms with van der Waals surface area (Å²) in [4.78, 5) is 4.15. The molecule has 0 unspecified atom stereocenters. The van der Waals surface area contributed by atoms with Crippen molar-refractivity contribution in [1.29, 1.82) is 0 Å². The molecule has 2 aromatic rings. The van der Waals surface area contributed by atoms with Gasteiger partial charge in [0.1, 0.15) is 6.61 Å². The molecule has 1 aromatic heterocycles. The van der Waals surface area contributed by atoms with Crippen LogP contribution in [0, 0.1) is 0 Å². The van der Waals surface area contributed by atoms with Crippen LogP contribution in [0.2, 0.25) is 0 Å². The van der Waals surface area contributed by atoms with E-state index in [0.717, 1.165) is 35.8 Å². The highest BCUT2D eigenvalue weighted by Crippen LogP contribution is 2.31. The highest BCUT2D eigenvalue weighted by Gasteiger charge is 2.11. The number of aromatic nitrogens is 2. The zero-order valence-corrected chi connectivity index (χ0v) is 12.2. The second kappa shape index (κ2) is 6.96. The summed E-state index contributed by atoms with van der Waals surface area (Å²) in [6.45, 7) is 4.18. The van der Waals surface area contributed by atoms with Crippen LogP contribution in [0.4, 0.5) is 0 Å². The van der Waals surface area contributed by atoms with Gasteiger partial charge in [0.25, 0.3) is 0 Å². The predicted octanol–water partition coefficient (Wildman–Crippen LogP) is 2.21. The Morgan fingerprint density at radius 3 is 2.90 bits per heavy atom. The number of nitrogens with one attached hydrogen (secondary N) is 1. The lowest BCUT2D eigenvalue weighted by atomic mass is 10.2. The molecule has 5 heteroatoms. The molecular weight excluding hydrogens is 254 g/mol. The average molecular weight is 275 g/mol. The van der Waals surface area contributed by atoms with Crippen molar-refractivity contribution in [2.24, 2.45) is 0 Å². The van der Waals surface area contributed by atoms with Gasteiger partial charge in [-0.2, -0.15) is 0 Å².